The second-order valence-electron chi connectivity index (χ2n) is 3.96. The lowest BCUT2D eigenvalue weighted by molar-refractivity contribution is 0.703. The minimum Gasteiger partial charge on any atom is -0.316 e. The van der Waals surface area contributed by atoms with Gasteiger partial charge in [-0.3, -0.25) is 0 Å². The SMILES string of the molecule is Brc1ccc(/C=C2/CCCNCC2)cc1.Cl. The second-order valence-corrected chi connectivity index (χ2v) is 4.87. The predicted molar refractivity (Wildman–Crippen MR) is 76.1 cm³/mol. The van der Waals surface area contributed by atoms with Crippen LogP contribution >= 0.6 is 28.3 Å². The van der Waals surface area contributed by atoms with E-state index in [1.165, 1.54) is 24.8 Å². The van der Waals surface area contributed by atoms with Crippen LogP contribution in [0.4, 0.5) is 0 Å². The summed E-state index contributed by atoms with van der Waals surface area (Å²) in [6, 6.07) is 8.52. The van der Waals surface area contributed by atoms with Gasteiger partial charge in [-0.05, 0) is 50.0 Å². The molecular formula is C13H17BrClN. The minimum absolute atomic E-state index is 0. The first-order valence-electron chi connectivity index (χ1n) is 5.50. The Hall–Kier alpha value is -0.310. The molecule has 88 valence electrons. The Morgan fingerprint density at radius 1 is 1.06 bits per heavy atom. The molecule has 0 saturated carbocycles. The quantitative estimate of drug-likeness (QED) is 0.826. The molecule has 0 aliphatic carbocycles. The van der Waals surface area contributed by atoms with E-state index in [9.17, 15) is 0 Å². The molecule has 0 spiro atoms. The van der Waals surface area contributed by atoms with E-state index in [2.05, 4.69) is 51.6 Å². The lowest BCUT2D eigenvalue weighted by atomic mass is 10.0. The molecule has 2 rings (SSSR count). The summed E-state index contributed by atoms with van der Waals surface area (Å²) in [5.41, 5.74) is 2.89. The van der Waals surface area contributed by atoms with E-state index in [1.807, 2.05) is 0 Å². The summed E-state index contributed by atoms with van der Waals surface area (Å²) in [7, 11) is 0. The Morgan fingerprint density at radius 2 is 1.81 bits per heavy atom. The van der Waals surface area contributed by atoms with Gasteiger partial charge in [0, 0.05) is 4.47 Å². The van der Waals surface area contributed by atoms with Crippen LogP contribution in [0.15, 0.2) is 34.3 Å². The van der Waals surface area contributed by atoms with Crippen LogP contribution < -0.4 is 5.32 Å². The third kappa shape index (κ3) is 4.28. The molecule has 1 heterocycles. The fourth-order valence-electron chi connectivity index (χ4n) is 1.88. The van der Waals surface area contributed by atoms with Crippen LogP contribution in [0, 0.1) is 0 Å². The number of hydrogen-bond donors (Lipinski definition) is 1. The fraction of sp³-hybridized carbons (Fsp3) is 0.385. The lowest BCUT2D eigenvalue weighted by Crippen LogP contribution is -2.13. The molecule has 1 aromatic carbocycles. The Bertz CT molecular complexity index is 335. The summed E-state index contributed by atoms with van der Waals surface area (Å²) in [4.78, 5) is 0. The van der Waals surface area contributed by atoms with Gasteiger partial charge in [0.15, 0.2) is 0 Å². The van der Waals surface area contributed by atoms with Gasteiger partial charge >= 0.3 is 0 Å². The third-order valence-corrected chi connectivity index (χ3v) is 3.24. The summed E-state index contributed by atoms with van der Waals surface area (Å²) < 4.78 is 1.15. The standard InChI is InChI=1S/C13H16BrN.ClH/c14-13-5-3-12(4-6-13)10-11-2-1-8-15-9-7-11;/h3-6,10,15H,1-2,7-9H2;1H/b11-10-;. The van der Waals surface area contributed by atoms with Gasteiger partial charge in [-0.25, -0.2) is 0 Å². The topological polar surface area (TPSA) is 12.0 Å². The van der Waals surface area contributed by atoms with E-state index >= 15 is 0 Å². The van der Waals surface area contributed by atoms with Gasteiger partial charge in [-0.2, -0.15) is 0 Å². The minimum atomic E-state index is 0. The molecule has 1 aromatic rings. The van der Waals surface area contributed by atoms with Gasteiger partial charge in [-0.1, -0.05) is 39.7 Å². The third-order valence-electron chi connectivity index (χ3n) is 2.72. The smallest absolute Gasteiger partial charge is 0.0175 e. The maximum atomic E-state index is 3.45. The number of halogens is 2. The van der Waals surface area contributed by atoms with E-state index in [0.717, 1.165) is 17.6 Å². The van der Waals surface area contributed by atoms with Crippen LogP contribution in [-0.2, 0) is 0 Å². The number of nitrogens with one attached hydrogen (secondary N) is 1. The first kappa shape index (κ1) is 13.8. The van der Waals surface area contributed by atoms with Crippen molar-refractivity contribution < 1.29 is 0 Å². The predicted octanol–water partition coefficient (Wildman–Crippen LogP) is 4.03. The zero-order valence-corrected chi connectivity index (χ0v) is 11.6. The Balaban J connectivity index is 0.00000128. The molecule has 16 heavy (non-hydrogen) atoms. The molecule has 1 fully saturated rings. The van der Waals surface area contributed by atoms with E-state index in [1.54, 1.807) is 5.57 Å². The second kappa shape index (κ2) is 7.10. The summed E-state index contributed by atoms with van der Waals surface area (Å²) in [5, 5.41) is 3.42. The van der Waals surface area contributed by atoms with Crippen molar-refractivity contribution in [2.75, 3.05) is 13.1 Å². The molecule has 1 aliphatic heterocycles. The summed E-state index contributed by atoms with van der Waals surface area (Å²) in [6.45, 7) is 2.29. The van der Waals surface area contributed by atoms with Gasteiger partial charge in [-0.15, -0.1) is 12.4 Å². The van der Waals surface area contributed by atoms with Gasteiger partial charge in [0.05, 0.1) is 0 Å². The van der Waals surface area contributed by atoms with E-state index < -0.39 is 0 Å². The number of benzene rings is 1. The number of hydrogen-bond acceptors (Lipinski definition) is 1. The molecule has 0 unspecified atom stereocenters. The molecular weight excluding hydrogens is 286 g/mol. The van der Waals surface area contributed by atoms with Crippen molar-refractivity contribution in [3.05, 3.63) is 39.9 Å². The van der Waals surface area contributed by atoms with Crippen LogP contribution in [0.1, 0.15) is 24.8 Å². The summed E-state index contributed by atoms with van der Waals surface area (Å²) in [5.74, 6) is 0. The summed E-state index contributed by atoms with van der Waals surface area (Å²) >= 11 is 3.45. The van der Waals surface area contributed by atoms with Gasteiger partial charge in [0.1, 0.15) is 0 Å². The van der Waals surface area contributed by atoms with Crippen molar-refractivity contribution in [3.8, 4) is 0 Å². The molecule has 1 saturated heterocycles. The highest BCUT2D eigenvalue weighted by Crippen LogP contribution is 2.18. The maximum Gasteiger partial charge on any atom is 0.0175 e. The summed E-state index contributed by atoms with van der Waals surface area (Å²) in [6.07, 6.45) is 6.03. The van der Waals surface area contributed by atoms with Crippen LogP contribution in [0.25, 0.3) is 6.08 Å². The monoisotopic (exact) mass is 301 g/mol. The Labute approximate surface area is 112 Å². The van der Waals surface area contributed by atoms with Crippen molar-refractivity contribution in [1.82, 2.24) is 5.32 Å². The maximum absolute atomic E-state index is 3.45. The van der Waals surface area contributed by atoms with Gasteiger partial charge in [0.2, 0.25) is 0 Å². The van der Waals surface area contributed by atoms with Crippen LogP contribution in [0.5, 0.6) is 0 Å². The van der Waals surface area contributed by atoms with Crippen LogP contribution in [0.3, 0.4) is 0 Å². The van der Waals surface area contributed by atoms with Gasteiger partial charge < -0.3 is 5.32 Å². The molecule has 0 amide bonds. The zero-order valence-electron chi connectivity index (χ0n) is 9.21. The van der Waals surface area contributed by atoms with Crippen molar-refractivity contribution >= 4 is 34.4 Å². The number of rotatable bonds is 1. The largest absolute Gasteiger partial charge is 0.316 e. The molecule has 0 aromatic heterocycles. The van der Waals surface area contributed by atoms with E-state index in [4.69, 9.17) is 0 Å². The van der Waals surface area contributed by atoms with Crippen LogP contribution in [-0.4, -0.2) is 13.1 Å². The van der Waals surface area contributed by atoms with Gasteiger partial charge in [0.25, 0.3) is 0 Å². The molecule has 1 aliphatic rings. The van der Waals surface area contributed by atoms with Crippen LogP contribution in [0.2, 0.25) is 0 Å². The Kier molecular flexibility index (Phi) is 6.10. The highest BCUT2D eigenvalue weighted by atomic mass is 79.9. The first-order valence-corrected chi connectivity index (χ1v) is 6.29. The Morgan fingerprint density at radius 3 is 2.56 bits per heavy atom. The lowest BCUT2D eigenvalue weighted by Gasteiger charge is -2.02. The molecule has 3 heteroatoms. The van der Waals surface area contributed by atoms with E-state index in [-0.39, 0.29) is 12.4 Å². The molecule has 1 nitrogen and oxygen atoms in total. The van der Waals surface area contributed by atoms with Crippen molar-refractivity contribution in [1.29, 1.82) is 0 Å². The highest BCUT2D eigenvalue weighted by Gasteiger charge is 2.03. The molecule has 0 atom stereocenters. The van der Waals surface area contributed by atoms with Crippen molar-refractivity contribution in [3.63, 3.8) is 0 Å². The zero-order chi connectivity index (χ0) is 10.5. The fourth-order valence-corrected chi connectivity index (χ4v) is 2.14. The average molecular weight is 303 g/mol. The molecule has 0 bridgehead atoms. The normalized spacial score (nSPS) is 18.9. The van der Waals surface area contributed by atoms with Crippen molar-refractivity contribution in [2.45, 2.75) is 19.3 Å². The average Bonchev–Trinajstić information content (AvgIpc) is 2.50. The highest BCUT2D eigenvalue weighted by molar-refractivity contribution is 9.10. The van der Waals surface area contributed by atoms with E-state index in [0.29, 0.717) is 0 Å². The molecule has 0 radical (unpaired) electrons. The first-order chi connectivity index (χ1) is 7.34. The molecule has 1 N–H and O–H groups in total. The van der Waals surface area contributed by atoms with Crippen molar-refractivity contribution in [2.24, 2.45) is 0 Å².